The molecule has 1 amide bonds. The number of aliphatic carboxylic acids is 1. The Balaban J connectivity index is 2.38. The van der Waals surface area contributed by atoms with Crippen LogP contribution in [0.15, 0.2) is 12.0 Å². The van der Waals surface area contributed by atoms with Crippen molar-refractivity contribution < 1.29 is 24.2 Å². The number of carbonyl (C=O) groups excluding carboxylic acids is 1. The molecule has 0 bridgehead atoms. The Bertz CT molecular complexity index is 247. The second-order valence-corrected chi connectivity index (χ2v) is 2.28. The molecule has 1 aliphatic rings. The first-order chi connectivity index (χ1) is 6.20. The van der Waals surface area contributed by atoms with Crippen LogP contribution in [-0.4, -0.2) is 36.7 Å². The second kappa shape index (κ2) is 4.34. The highest BCUT2D eigenvalue weighted by molar-refractivity contribution is 5.93. The maximum Gasteiger partial charge on any atom is 0.322 e. The number of rotatable bonds is 3. The van der Waals surface area contributed by atoms with Crippen molar-refractivity contribution in [1.29, 1.82) is 0 Å². The molecule has 6 nitrogen and oxygen atoms in total. The van der Waals surface area contributed by atoms with Crippen molar-refractivity contribution in [2.45, 2.75) is 0 Å². The van der Waals surface area contributed by atoms with Crippen LogP contribution in [-0.2, 0) is 19.1 Å². The summed E-state index contributed by atoms with van der Waals surface area (Å²) in [5, 5.41) is 10.4. The van der Waals surface area contributed by atoms with E-state index in [1.165, 1.54) is 6.26 Å². The van der Waals surface area contributed by atoms with E-state index in [1.807, 2.05) is 0 Å². The van der Waals surface area contributed by atoms with Crippen LogP contribution >= 0.6 is 0 Å². The summed E-state index contributed by atoms with van der Waals surface area (Å²) in [6.07, 6.45) is 1.17. The zero-order valence-corrected chi connectivity index (χ0v) is 6.78. The van der Waals surface area contributed by atoms with Gasteiger partial charge in [0.25, 0.3) is 5.91 Å². The summed E-state index contributed by atoms with van der Waals surface area (Å²) in [7, 11) is 0. The quantitative estimate of drug-likeness (QED) is 0.596. The standard InChI is InChI=1S/C7H9NO5/c9-6(10)3-8-7(11)5-4-12-1-2-13-5/h4H,1-3H2,(H,8,11)(H,9,10). The van der Waals surface area contributed by atoms with Crippen LogP contribution in [0.1, 0.15) is 0 Å². The third-order valence-corrected chi connectivity index (χ3v) is 1.27. The van der Waals surface area contributed by atoms with Gasteiger partial charge in [-0.25, -0.2) is 0 Å². The van der Waals surface area contributed by atoms with Crippen LogP contribution in [0.4, 0.5) is 0 Å². The van der Waals surface area contributed by atoms with Crippen LogP contribution in [0.5, 0.6) is 0 Å². The van der Waals surface area contributed by atoms with Crippen LogP contribution in [0, 0.1) is 0 Å². The normalized spacial score (nSPS) is 14.9. The molecule has 2 N–H and O–H groups in total. The number of ether oxygens (including phenoxy) is 2. The Morgan fingerprint density at radius 3 is 2.85 bits per heavy atom. The average molecular weight is 187 g/mol. The molecule has 0 aromatic rings. The number of amides is 1. The maximum atomic E-state index is 11.1. The third-order valence-electron chi connectivity index (χ3n) is 1.27. The van der Waals surface area contributed by atoms with Gasteiger partial charge in [0.15, 0.2) is 0 Å². The summed E-state index contributed by atoms with van der Waals surface area (Å²) in [5.41, 5.74) is 0. The molecule has 0 aromatic heterocycles. The van der Waals surface area contributed by atoms with Crippen molar-refractivity contribution in [3.63, 3.8) is 0 Å². The molecule has 0 aromatic carbocycles. The minimum atomic E-state index is -1.11. The summed E-state index contributed by atoms with van der Waals surface area (Å²) in [5.74, 6) is -1.68. The Hall–Kier alpha value is -1.72. The summed E-state index contributed by atoms with van der Waals surface area (Å²) >= 11 is 0. The fourth-order valence-corrected chi connectivity index (χ4v) is 0.730. The summed E-state index contributed by atoms with van der Waals surface area (Å²) in [6, 6.07) is 0. The van der Waals surface area contributed by atoms with Crippen LogP contribution in [0.2, 0.25) is 0 Å². The minimum Gasteiger partial charge on any atom is -0.494 e. The van der Waals surface area contributed by atoms with Crippen molar-refractivity contribution in [2.24, 2.45) is 0 Å². The van der Waals surface area contributed by atoms with Gasteiger partial charge in [0, 0.05) is 0 Å². The third kappa shape index (κ3) is 3.02. The van der Waals surface area contributed by atoms with E-state index in [9.17, 15) is 9.59 Å². The van der Waals surface area contributed by atoms with Crippen molar-refractivity contribution in [3.05, 3.63) is 12.0 Å². The van der Waals surface area contributed by atoms with Gasteiger partial charge in [-0.2, -0.15) is 0 Å². The zero-order chi connectivity index (χ0) is 9.68. The molecule has 0 saturated carbocycles. The Morgan fingerprint density at radius 1 is 1.54 bits per heavy atom. The van der Waals surface area contributed by atoms with Crippen molar-refractivity contribution in [2.75, 3.05) is 19.8 Å². The van der Waals surface area contributed by atoms with Gasteiger partial charge < -0.3 is 19.9 Å². The number of carbonyl (C=O) groups is 2. The largest absolute Gasteiger partial charge is 0.494 e. The van der Waals surface area contributed by atoms with Crippen molar-refractivity contribution >= 4 is 11.9 Å². The molecule has 0 fully saturated rings. The molecule has 72 valence electrons. The molecule has 0 unspecified atom stereocenters. The first-order valence-electron chi connectivity index (χ1n) is 3.64. The zero-order valence-electron chi connectivity index (χ0n) is 6.78. The number of hydrogen-bond acceptors (Lipinski definition) is 4. The minimum absolute atomic E-state index is 0.00694. The van der Waals surface area contributed by atoms with Gasteiger partial charge in [-0.1, -0.05) is 0 Å². The number of nitrogens with one attached hydrogen (secondary N) is 1. The van der Waals surface area contributed by atoms with E-state index in [4.69, 9.17) is 14.6 Å². The Morgan fingerprint density at radius 2 is 2.31 bits per heavy atom. The Kier molecular flexibility index (Phi) is 3.13. The van der Waals surface area contributed by atoms with E-state index in [0.29, 0.717) is 13.2 Å². The van der Waals surface area contributed by atoms with Crippen molar-refractivity contribution in [1.82, 2.24) is 5.32 Å². The first-order valence-corrected chi connectivity index (χ1v) is 3.64. The molecule has 0 saturated heterocycles. The SMILES string of the molecule is O=C(O)CNC(=O)C1=COCCO1. The molecule has 1 heterocycles. The highest BCUT2D eigenvalue weighted by Gasteiger charge is 2.14. The lowest BCUT2D eigenvalue weighted by atomic mass is 10.4. The molecule has 6 heteroatoms. The van der Waals surface area contributed by atoms with Gasteiger partial charge in [0.2, 0.25) is 5.76 Å². The van der Waals surface area contributed by atoms with E-state index in [-0.39, 0.29) is 5.76 Å². The molecule has 0 spiro atoms. The second-order valence-electron chi connectivity index (χ2n) is 2.28. The fourth-order valence-electron chi connectivity index (χ4n) is 0.730. The predicted molar refractivity (Wildman–Crippen MR) is 40.6 cm³/mol. The fraction of sp³-hybridized carbons (Fsp3) is 0.429. The van der Waals surface area contributed by atoms with Gasteiger partial charge in [0.05, 0.1) is 0 Å². The van der Waals surface area contributed by atoms with E-state index in [0.717, 1.165) is 0 Å². The van der Waals surface area contributed by atoms with Gasteiger partial charge in [-0.05, 0) is 0 Å². The predicted octanol–water partition coefficient (Wildman–Crippen LogP) is -0.925. The molecule has 13 heavy (non-hydrogen) atoms. The van der Waals surface area contributed by atoms with Crippen molar-refractivity contribution in [3.8, 4) is 0 Å². The molecular weight excluding hydrogens is 178 g/mol. The van der Waals surface area contributed by atoms with Gasteiger partial charge in [-0.15, -0.1) is 0 Å². The lowest BCUT2D eigenvalue weighted by Gasteiger charge is -2.14. The molecule has 0 aliphatic carbocycles. The Labute approximate surface area is 74.1 Å². The summed E-state index contributed by atoms with van der Waals surface area (Å²) < 4.78 is 9.72. The van der Waals surface area contributed by atoms with Crippen LogP contribution < -0.4 is 5.32 Å². The molecular formula is C7H9NO5. The molecule has 1 rings (SSSR count). The lowest BCUT2D eigenvalue weighted by Crippen LogP contribution is -2.32. The van der Waals surface area contributed by atoms with E-state index >= 15 is 0 Å². The monoisotopic (exact) mass is 187 g/mol. The van der Waals surface area contributed by atoms with Gasteiger partial charge in [-0.3, -0.25) is 9.59 Å². The number of carboxylic acid groups (broad SMARTS) is 1. The maximum absolute atomic E-state index is 11.1. The number of carboxylic acids is 1. The molecule has 0 radical (unpaired) electrons. The van der Waals surface area contributed by atoms with Gasteiger partial charge >= 0.3 is 5.97 Å². The first kappa shape index (κ1) is 9.37. The van der Waals surface area contributed by atoms with Gasteiger partial charge in [0.1, 0.15) is 26.0 Å². The smallest absolute Gasteiger partial charge is 0.322 e. The number of hydrogen-bond donors (Lipinski definition) is 2. The van der Waals surface area contributed by atoms with Crippen LogP contribution in [0.3, 0.4) is 0 Å². The van der Waals surface area contributed by atoms with E-state index in [1.54, 1.807) is 0 Å². The lowest BCUT2D eigenvalue weighted by molar-refractivity contribution is -0.138. The highest BCUT2D eigenvalue weighted by Crippen LogP contribution is 2.03. The highest BCUT2D eigenvalue weighted by atomic mass is 16.6. The molecule has 0 atom stereocenters. The topological polar surface area (TPSA) is 84.9 Å². The summed E-state index contributed by atoms with van der Waals surface area (Å²) in [4.78, 5) is 21.1. The van der Waals surface area contributed by atoms with Crippen LogP contribution in [0.25, 0.3) is 0 Å². The molecule has 1 aliphatic heterocycles. The average Bonchev–Trinajstić information content (AvgIpc) is 2.15. The van der Waals surface area contributed by atoms with E-state index < -0.39 is 18.4 Å². The summed E-state index contributed by atoms with van der Waals surface area (Å²) in [6.45, 7) is 0.265. The van der Waals surface area contributed by atoms with E-state index in [2.05, 4.69) is 5.32 Å².